The fourth-order valence-corrected chi connectivity index (χ4v) is 4.02. The molecule has 0 bridgehead atoms. The number of carbonyl (C=O) groups excluding carboxylic acids is 1. The molecule has 27 heavy (non-hydrogen) atoms. The molecule has 0 aliphatic rings. The van der Waals surface area contributed by atoms with Gasteiger partial charge in [0.25, 0.3) is 0 Å². The Kier molecular flexibility index (Phi) is 7.96. The molecule has 0 aliphatic heterocycles. The molecule has 2 aromatic carbocycles. The van der Waals surface area contributed by atoms with E-state index in [2.05, 4.69) is 32.9 Å². The van der Waals surface area contributed by atoms with E-state index >= 15 is 0 Å². The van der Waals surface area contributed by atoms with E-state index in [0.717, 1.165) is 27.7 Å². The Hall–Kier alpha value is -1.06. The molecule has 0 N–H and O–H groups in total. The first-order chi connectivity index (χ1) is 11.9. The van der Waals surface area contributed by atoms with Gasteiger partial charge in [0.1, 0.15) is 11.4 Å². The molecule has 0 saturated heterocycles. The first-order valence-corrected chi connectivity index (χ1v) is 10.1. The number of rotatable bonds is 4. The molecule has 0 heterocycles. The van der Waals surface area contributed by atoms with Crippen LogP contribution in [0.5, 0.6) is 5.75 Å². The fraction of sp³-hybridized carbons (Fsp3) is 0.435. The van der Waals surface area contributed by atoms with Gasteiger partial charge in [-0.25, -0.2) is 0 Å². The van der Waals surface area contributed by atoms with Crippen molar-refractivity contribution < 1.29 is 9.53 Å². The van der Waals surface area contributed by atoms with Crippen LogP contribution < -0.4 is 10.0 Å². The third-order valence-corrected chi connectivity index (χ3v) is 5.26. The molecular formula is C23H32LiO2P. The number of ether oxygens (including phenoxy) is 1. The summed E-state index contributed by atoms with van der Waals surface area (Å²) < 4.78 is 5.85. The van der Waals surface area contributed by atoms with Crippen LogP contribution >= 0.6 is 8.58 Å². The van der Waals surface area contributed by atoms with Crippen molar-refractivity contribution in [2.75, 3.05) is 0 Å². The van der Waals surface area contributed by atoms with Crippen molar-refractivity contribution in [1.82, 2.24) is 0 Å². The summed E-state index contributed by atoms with van der Waals surface area (Å²) in [6, 6.07) is 12.2. The molecule has 1 unspecified atom stereocenters. The van der Waals surface area contributed by atoms with Crippen LogP contribution in [0.1, 0.15) is 68.6 Å². The van der Waals surface area contributed by atoms with Crippen LogP contribution in [-0.4, -0.2) is 30.0 Å². The number of hydrogen-bond donors (Lipinski definition) is 0. The molecule has 0 spiro atoms. The van der Waals surface area contributed by atoms with Gasteiger partial charge in [0.05, 0.1) is 0 Å². The van der Waals surface area contributed by atoms with Crippen molar-refractivity contribution in [3.05, 3.63) is 58.7 Å². The number of carbonyl (C=O) groups is 1. The van der Waals surface area contributed by atoms with Crippen molar-refractivity contribution >= 4 is 38.3 Å². The molecule has 0 amide bonds. The summed E-state index contributed by atoms with van der Waals surface area (Å²) in [7, 11) is 0.122. The molecule has 0 saturated carbocycles. The molecule has 0 radical (unpaired) electrons. The Morgan fingerprint density at radius 1 is 0.889 bits per heavy atom. The van der Waals surface area contributed by atoms with Gasteiger partial charge >= 0.3 is 18.9 Å². The SMILES string of the molecule is Cc1cc(C(C)(C)C)cc(C)c1C(=O)Pc1ccc(OC(C)(C)C)cc1.[LiH]. The second kappa shape index (κ2) is 8.96. The Bertz CT molecular complexity index is 774. The van der Waals surface area contributed by atoms with E-state index in [4.69, 9.17) is 4.74 Å². The Labute approximate surface area is 178 Å². The molecule has 2 aromatic rings. The van der Waals surface area contributed by atoms with Crippen molar-refractivity contribution in [2.45, 2.75) is 66.4 Å². The summed E-state index contributed by atoms with van der Waals surface area (Å²) in [6.07, 6.45) is 0. The van der Waals surface area contributed by atoms with Gasteiger partial charge in [-0.3, -0.25) is 4.79 Å². The Morgan fingerprint density at radius 2 is 1.37 bits per heavy atom. The van der Waals surface area contributed by atoms with Crippen molar-refractivity contribution in [2.24, 2.45) is 0 Å². The summed E-state index contributed by atoms with van der Waals surface area (Å²) >= 11 is 0. The molecule has 1 atom stereocenters. The van der Waals surface area contributed by atoms with Crippen molar-refractivity contribution in [1.29, 1.82) is 0 Å². The monoisotopic (exact) mass is 378 g/mol. The first-order valence-electron chi connectivity index (χ1n) is 9.09. The zero-order valence-corrected chi connectivity index (χ0v) is 18.3. The van der Waals surface area contributed by atoms with Crippen LogP contribution in [-0.2, 0) is 5.41 Å². The summed E-state index contributed by atoms with van der Waals surface area (Å²) in [6.45, 7) is 16.8. The van der Waals surface area contributed by atoms with E-state index < -0.39 is 0 Å². The van der Waals surface area contributed by atoms with Gasteiger partial charge in [-0.2, -0.15) is 0 Å². The van der Waals surface area contributed by atoms with Crippen LogP contribution in [0.2, 0.25) is 0 Å². The molecular weight excluding hydrogens is 346 g/mol. The third-order valence-electron chi connectivity index (χ3n) is 4.16. The first kappa shape index (κ1) is 24.0. The van der Waals surface area contributed by atoms with Crippen LogP contribution in [0.25, 0.3) is 0 Å². The van der Waals surface area contributed by atoms with Crippen molar-refractivity contribution in [3.63, 3.8) is 0 Å². The van der Waals surface area contributed by atoms with Crippen LogP contribution in [0, 0.1) is 13.8 Å². The molecule has 2 nitrogen and oxygen atoms in total. The summed E-state index contributed by atoms with van der Waals surface area (Å²) in [5.41, 5.74) is 4.35. The Morgan fingerprint density at radius 3 is 1.78 bits per heavy atom. The van der Waals surface area contributed by atoms with Crippen molar-refractivity contribution in [3.8, 4) is 5.75 Å². The summed E-state index contributed by atoms with van der Waals surface area (Å²) in [5, 5.41) is 1.04. The van der Waals surface area contributed by atoms with E-state index in [1.54, 1.807) is 0 Å². The maximum absolute atomic E-state index is 12.9. The second-order valence-electron chi connectivity index (χ2n) is 8.93. The van der Waals surface area contributed by atoms with Gasteiger partial charge in [-0.05, 0) is 82.7 Å². The standard InChI is InChI=1S/C23H31O2P.Li.H/c1-15-13-17(22(3,4)5)14-16(2)20(15)21(24)26-19-11-9-18(10-12-19)25-23(6,7)8;;/h9-14,26H,1-8H3;;. The predicted molar refractivity (Wildman–Crippen MR) is 121 cm³/mol. The quantitative estimate of drug-likeness (QED) is 0.535. The van der Waals surface area contributed by atoms with E-state index in [0.29, 0.717) is 0 Å². The summed E-state index contributed by atoms with van der Waals surface area (Å²) in [5.74, 6) is 0.834. The molecule has 0 aromatic heterocycles. The molecule has 0 fully saturated rings. The van der Waals surface area contributed by atoms with Crippen LogP contribution in [0.3, 0.4) is 0 Å². The molecule has 0 aliphatic carbocycles. The molecule has 4 heteroatoms. The maximum atomic E-state index is 12.9. The minimum absolute atomic E-state index is 0. The predicted octanol–water partition coefficient (Wildman–Crippen LogP) is 5.27. The third kappa shape index (κ3) is 6.80. The van der Waals surface area contributed by atoms with Gasteiger partial charge in [-0.1, -0.05) is 45.0 Å². The van der Waals surface area contributed by atoms with E-state index in [9.17, 15) is 4.79 Å². The molecule has 2 rings (SSSR count). The van der Waals surface area contributed by atoms with Gasteiger partial charge < -0.3 is 4.74 Å². The van der Waals surface area contributed by atoms with Gasteiger partial charge in [0, 0.05) is 5.56 Å². The zero-order chi connectivity index (χ0) is 19.7. The summed E-state index contributed by atoms with van der Waals surface area (Å²) in [4.78, 5) is 12.9. The zero-order valence-electron chi connectivity index (χ0n) is 17.3. The number of aryl methyl sites for hydroxylation is 2. The topological polar surface area (TPSA) is 26.3 Å². The average molecular weight is 378 g/mol. The van der Waals surface area contributed by atoms with Crippen LogP contribution in [0.15, 0.2) is 36.4 Å². The van der Waals surface area contributed by atoms with Gasteiger partial charge in [0.15, 0.2) is 5.52 Å². The van der Waals surface area contributed by atoms with E-state index in [1.807, 2.05) is 58.9 Å². The van der Waals surface area contributed by atoms with Gasteiger partial charge in [-0.15, -0.1) is 0 Å². The average Bonchev–Trinajstić information content (AvgIpc) is 2.46. The molecule has 142 valence electrons. The van der Waals surface area contributed by atoms with E-state index in [-0.39, 0.29) is 44.0 Å². The fourth-order valence-electron chi connectivity index (χ4n) is 2.91. The van der Waals surface area contributed by atoms with Gasteiger partial charge in [0.2, 0.25) is 0 Å². The number of benzene rings is 2. The normalized spacial score (nSPS) is 12.1. The van der Waals surface area contributed by atoms with E-state index in [1.165, 1.54) is 5.56 Å². The second-order valence-corrected chi connectivity index (χ2v) is 10.2. The Balaban J connectivity index is 0.00000364. The minimum atomic E-state index is -0.220. The number of hydrogen-bond acceptors (Lipinski definition) is 2. The van der Waals surface area contributed by atoms with Crippen LogP contribution in [0.4, 0.5) is 0 Å².